The minimum atomic E-state index is -0.362. The van der Waals surface area contributed by atoms with E-state index in [1.165, 1.54) is 6.07 Å². The summed E-state index contributed by atoms with van der Waals surface area (Å²) in [7, 11) is 0. The van der Waals surface area contributed by atoms with Crippen LogP contribution in [0.15, 0.2) is 71.4 Å². The van der Waals surface area contributed by atoms with Crippen molar-refractivity contribution in [2.75, 3.05) is 5.32 Å². The summed E-state index contributed by atoms with van der Waals surface area (Å²) >= 11 is 0. The highest BCUT2D eigenvalue weighted by Gasteiger charge is 2.20. The van der Waals surface area contributed by atoms with E-state index in [2.05, 4.69) is 20.4 Å². The molecule has 4 rings (SSSR count). The Kier molecular flexibility index (Phi) is 4.15. The van der Waals surface area contributed by atoms with E-state index in [1.807, 2.05) is 30.3 Å². The van der Waals surface area contributed by atoms with Gasteiger partial charge in [0.2, 0.25) is 5.95 Å². The number of nitrogens with zero attached hydrogens (tertiary/aromatic N) is 3. The lowest BCUT2D eigenvalue weighted by Gasteiger charge is -2.07. The van der Waals surface area contributed by atoms with Crippen LogP contribution in [-0.4, -0.2) is 15.1 Å². The molecule has 4 aromatic rings. The van der Waals surface area contributed by atoms with Crippen LogP contribution in [0, 0.1) is 12.7 Å². The van der Waals surface area contributed by atoms with Crippen molar-refractivity contribution in [1.29, 1.82) is 0 Å². The summed E-state index contributed by atoms with van der Waals surface area (Å²) in [5.74, 6) is 0.639. The van der Waals surface area contributed by atoms with E-state index in [-0.39, 0.29) is 5.82 Å². The van der Waals surface area contributed by atoms with Gasteiger partial charge in [-0.1, -0.05) is 35.5 Å². The van der Waals surface area contributed by atoms with Gasteiger partial charge in [0.25, 0.3) is 0 Å². The number of hydrogen-bond donors (Lipinski definition) is 1. The largest absolute Gasteiger partial charge is 0.360 e. The van der Waals surface area contributed by atoms with Crippen LogP contribution in [0.3, 0.4) is 0 Å². The van der Waals surface area contributed by atoms with Gasteiger partial charge in [-0.2, -0.15) is 0 Å². The Bertz CT molecular complexity index is 1050. The van der Waals surface area contributed by atoms with Gasteiger partial charge in [0.05, 0.1) is 11.3 Å². The molecular formula is C20H15FN4O. The molecular weight excluding hydrogens is 331 g/mol. The molecule has 26 heavy (non-hydrogen) atoms. The van der Waals surface area contributed by atoms with Crippen LogP contribution in [0.5, 0.6) is 0 Å². The first-order valence-electron chi connectivity index (χ1n) is 8.09. The summed E-state index contributed by atoms with van der Waals surface area (Å²) in [4.78, 5) is 8.79. The van der Waals surface area contributed by atoms with Gasteiger partial charge in [-0.15, -0.1) is 0 Å². The highest BCUT2D eigenvalue weighted by molar-refractivity contribution is 5.80. The smallest absolute Gasteiger partial charge is 0.227 e. The van der Waals surface area contributed by atoms with Crippen LogP contribution in [0.2, 0.25) is 0 Å². The van der Waals surface area contributed by atoms with Gasteiger partial charge >= 0.3 is 0 Å². The summed E-state index contributed by atoms with van der Waals surface area (Å²) in [6.45, 7) is 1.78. The van der Waals surface area contributed by atoms with Crippen LogP contribution in [0.1, 0.15) is 5.76 Å². The molecule has 0 unspecified atom stereocenters. The van der Waals surface area contributed by atoms with E-state index in [9.17, 15) is 4.39 Å². The van der Waals surface area contributed by atoms with E-state index in [1.54, 1.807) is 37.4 Å². The quantitative estimate of drug-likeness (QED) is 0.564. The monoisotopic (exact) mass is 346 g/mol. The van der Waals surface area contributed by atoms with Crippen molar-refractivity contribution >= 4 is 11.6 Å². The molecule has 6 heteroatoms. The Hall–Kier alpha value is -3.54. The van der Waals surface area contributed by atoms with Crippen LogP contribution in [0.25, 0.3) is 22.5 Å². The summed E-state index contributed by atoms with van der Waals surface area (Å²) in [6.07, 6.45) is 1.64. The average molecular weight is 346 g/mol. The second-order valence-corrected chi connectivity index (χ2v) is 5.70. The third-order valence-corrected chi connectivity index (χ3v) is 3.93. The molecule has 5 nitrogen and oxygen atoms in total. The molecule has 0 aliphatic heterocycles. The maximum absolute atomic E-state index is 14.2. The molecule has 128 valence electrons. The third-order valence-electron chi connectivity index (χ3n) is 3.93. The van der Waals surface area contributed by atoms with Crippen molar-refractivity contribution < 1.29 is 8.91 Å². The zero-order valence-corrected chi connectivity index (χ0v) is 14.0. The zero-order valence-electron chi connectivity index (χ0n) is 14.0. The van der Waals surface area contributed by atoms with Crippen molar-refractivity contribution in [3.63, 3.8) is 0 Å². The molecule has 0 saturated carbocycles. The first-order valence-corrected chi connectivity index (χ1v) is 8.09. The number of para-hydroxylation sites is 1. The molecule has 0 fully saturated rings. The van der Waals surface area contributed by atoms with Crippen LogP contribution >= 0.6 is 0 Å². The molecule has 0 bridgehead atoms. The molecule has 0 amide bonds. The third kappa shape index (κ3) is 3.04. The number of nitrogens with one attached hydrogen (secondary N) is 1. The molecule has 2 aromatic carbocycles. The number of rotatable bonds is 4. The SMILES string of the molecule is Cc1onc(-c2ccccc2F)c1-c1ccnc(Nc2ccccc2)n1. The van der Waals surface area contributed by atoms with Gasteiger partial charge in [-0.25, -0.2) is 14.4 Å². The lowest BCUT2D eigenvalue weighted by molar-refractivity contribution is 0.400. The lowest BCUT2D eigenvalue weighted by Crippen LogP contribution is -1.98. The van der Waals surface area contributed by atoms with Crippen LogP contribution in [0.4, 0.5) is 16.0 Å². The zero-order chi connectivity index (χ0) is 17.9. The maximum atomic E-state index is 14.2. The Morgan fingerprint density at radius 2 is 1.73 bits per heavy atom. The first-order chi connectivity index (χ1) is 12.7. The van der Waals surface area contributed by atoms with Crippen LogP contribution in [-0.2, 0) is 0 Å². The fourth-order valence-electron chi connectivity index (χ4n) is 2.72. The standard InChI is InChI=1S/C20H15FN4O/c1-13-18(19(25-26-13)15-9-5-6-10-16(15)21)17-11-12-22-20(24-17)23-14-7-3-2-4-8-14/h2-12H,1H3,(H,22,23,24). The van der Waals surface area contributed by atoms with Gasteiger partial charge in [0.1, 0.15) is 17.3 Å². The van der Waals surface area contributed by atoms with Crippen LogP contribution < -0.4 is 5.32 Å². The van der Waals surface area contributed by atoms with E-state index in [0.29, 0.717) is 34.2 Å². The predicted molar refractivity (Wildman–Crippen MR) is 97.4 cm³/mol. The summed E-state index contributed by atoms with van der Waals surface area (Å²) in [5.41, 5.74) is 2.92. The average Bonchev–Trinajstić information content (AvgIpc) is 3.04. The second kappa shape index (κ2) is 6.76. The second-order valence-electron chi connectivity index (χ2n) is 5.70. The Morgan fingerprint density at radius 3 is 2.54 bits per heavy atom. The fourth-order valence-corrected chi connectivity index (χ4v) is 2.72. The number of halogens is 1. The Balaban J connectivity index is 1.76. The highest BCUT2D eigenvalue weighted by Crippen LogP contribution is 2.34. The number of aromatic nitrogens is 3. The van der Waals surface area contributed by atoms with E-state index in [0.717, 1.165) is 5.69 Å². The van der Waals surface area contributed by atoms with Gasteiger partial charge < -0.3 is 9.84 Å². The molecule has 2 heterocycles. The highest BCUT2D eigenvalue weighted by atomic mass is 19.1. The van der Waals surface area contributed by atoms with E-state index < -0.39 is 0 Å². The number of aryl methyl sites for hydroxylation is 1. The number of hydrogen-bond acceptors (Lipinski definition) is 5. The molecule has 0 saturated heterocycles. The maximum Gasteiger partial charge on any atom is 0.227 e. The van der Waals surface area contributed by atoms with E-state index in [4.69, 9.17) is 4.52 Å². The van der Waals surface area contributed by atoms with Gasteiger partial charge in [-0.05, 0) is 37.3 Å². The van der Waals surface area contributed by atoms with Crippen molar-refractivity contribution in [2.24, 2.45) is 0 Å². The van der Waals surface area contributed by atoms with E-state index >= 15 is 0 Å². The predicted octanol–water partition coefficient (Wildman–Crippen LogP) is 4.99. The van der Waals surface area contributed by atoms with Crippen molar-refractivity contribution in [2.45, 2.75) is 6.92 Å². The molecule has 1 N–H and O–H groups in total. The molecule has 0 spiro atoms. The topological polar surface area (TPSA) is 63.8 Å². The minimum absolute atomic E-state index is 0.362. The first kappa shape index (κ1) is 16.0. The number of benzene rings is 2. The lowest BCUT2D eigenvalue weighted by atomic mass is 10.0. The summed E-state index contributed by atoms with van der Waals surface area (Å²) in [5, 5.41) is 7.19. The molecule has 0 atom stereocenters. The van der Waals surface area contributed by atoms with Gasteiger partial charge in [0, 0.05) is 17.4 Å². The Morgan fingerprint density at radius 1 is 0.962 bits per heavy atom. The summed E-state index contributed by atoms with van der Waals surface area (Å²) in [6, 6.07) is 17.8. The summed E-state index contributed by atoms with van der Waals surface area (Å²) < 4.78 is 19.5. The molecule has 0 aliphatic rings. The molecule has 0 radical (unpaired) electrons. The minimum Gasteiger partial charge on any atom is -0.360 e. The van der Waals surface area contributed by atoms with Gasteiger partial charge in [-0.3, -0.25) is 0 Å². The van der Waals surface area contributed by atoms with Crippen molar-refractivity contribution in [3.8, 4) is 22.5 Å². The van der Waals surface area contributed by atoms with Crippen molar-refractivity contribution in [1.82, 2.24) is 15.1 Å². The Labute approximate surface area is 149 Å². The molecule has 2 aromatic heterocycles. The number of anilines is 2. The fraction of sp³-hybridized carbons (Fsp3) is 0.0500. The van der Waals surface area contributed by atoms with Crippen molar-refractivity contribution in [3.05, 3.63) is 78.4 Å². The normalized spacial score (nSPS) is 10.7. The molecule has 0 aliphatic carbocycles. The van der Waals surface area contributed by atoms with Gasteiger partial charge in [0.15, 0.2) is 0 Å².